The number of amides is 1. The summed E-state index contributed by atoms with van der Waals surface area (Å²) in [6.07, 6.45) is 5.14. The second-order valence-corrected chi connectivity index (χ2v) is 9.68. The lowest BCUT2D eigenvalue weighted by atomic mass is 10.0. The summed E-state index contributed by atoms with van der Waals surface area (Å²) >= 11 is 6.11. The molecular weight excluding hydrogens is 478 g/mol. The Bertz CT molecular complexity index is 1390. The number of nitrogens with one attached hydrogen (secondary N) is 2. The molecule has 3 aromatic heterocycles. The van der Waals surface area contributed by atoms with Crippen molar-refractivity contribution in [2.45, 2.75) is 39.3 Å². The molecule has 0 aliphatic carbocycles. The van der Waals surface area contributed by atoms with Gasteiger partial charge in [0.1, 0.15) is 11.6 Å². The zero-order chi connectivity index (χ0) is 25.2. The Morgan fingerprint density at radius 2 is 1.97 bits per heavy atom. The number of carbonyl (C=O) groups excluding carboxylic acids is 1. The Morgan fingerprint density at radius 3 is 2.69 bits per heavy atom. The van der Waals surface area contributed by atoms with Crippen LogP contribution in [0.5, 0.6) is 0 Å². The Labute approximate surface area is 214 Å². The molecule has 0 saturated carbocycles. The monoisotopic (exact) mass is 505 g/mol. The average Bonchev–Trinajstić information content (AvgIpc) is 3.21. The van der Waals surface area contributed by atoms with E-state index in [-0.39, 0.29) is 17.8 Å². The maximum atomic E-state index is 13.1. The summed E-state index contributed by atoms with van der Waals surface area (Å²) in [7, 11) is 2.09. The predicted octanol–water partition coefficient (Wildman–Crippen LogP) is 4.39. The highest BCUT2D eigenvalue weighted by atomic mass is 35.5. The number of hydrogen-bond acceptors (Lipinski definition) is 8. The van der Waals surface area contributed by atoms with E-state index in [1.165, 1.54) is 0 Å². The summed E-state index contributed by atoms with van der Waals surface area (Å²) in [5, 5.41) is 11.9. The van der Waals surface area contributed by atoms with Crippen LogP contribution in [-0.4, -0.2) is 57.1 Å². The van der Waals surface area contributed by atoms with Crippen LogP contribution in [0.1, 0.15) is 40.5 Å². The van der Waals surface area contributed by atoms with Gasteiger partial charge in [0.05, 0.1) is 16.2 Å². The van der Waals surface area contributed by atoms with E-state index in [1.807, 2.05) is 38.1 Å². The Kier molecular flexibility index (Phi) is 6.84. The smallest absolute Gasteiger partial charge is 0.289 e. The van der Waals surface area contributed by atoms with Crippen LogP contribution in [0, 0.1) is 13.8 Å². The lowest BCUT2D eigenvalue weighted by Crippen LogP contribution is -2.43. The highest BCUT2D eigenvalue weighted by Gasteiger charge is 2.22. The fourth-order valence-electron chi connectivity index (χ4n) is 4.56. The third kappa shape index (κ3) is 5.17. The van der Waals surface area contributed by atoms with Gasteiger partial charge in [-0.25, -0.2) is 9.97 Å². The lowest BCUT2D eigenvalue weighted by molar-refractivity contribution is 0.0907. The first kappa shape index (κ1) is 24.1. The summed E-state index contributed by atoms with van der Waals surface area (Å²) in [6.45, 7) is 6.14. The number of aryl methyl sites for hydroxylation is 2. The van der Waals surface area contributed by atoms with Gasteiger partial charge in [-0.15, -0.1) is 0 Å². The third-order valence-electron chi connectivity index (χ3n) is 6.50. The number of aromatic nitrogens is 4. The second kappa shape index (κ2) is 10.2. The molecular formula is C26H28ClN7O2. The minimum absolute atomic E-state index is 0.115. The van der Waals surface area contributed by atoms with Crippen LogP contribution in [0.3, 0.4) is 0 Å². The van der Waals surface area contributed by atoms with Gasteiger partial charge in [-0.05, 0) is 76.2 Å². The Hall–Kier alpha value is -3.56. The van der Waals surface area contributed by atoms with Crippen molar-refractivity contribution in [2.24, 2.45) is 0 Å². The number of hydrogen-bond donors (Lipinski definition) is 2. The molecule has 1 aliphatic heterocycles. The SMILES string of the molecule is Cc1noc(C)c1-c1ccc2nc(C(=O)NC3CCN(C)CC3)nc(NCc3cncc(Cl)c3)c2c1. The van der Waals surface area contributed by atoms with Crippen LogP contribution in [0.4, 0.5) is 5.82 Å². The number of fused-ring (bicyclic) bond motifs is 1. The first-order valence-electron chi connectivity index (χ1n) is 11.9. The molecule has 186 valence electrons. The molecule has 2 N–H and O–H groups in total. The number of benzene rings is 1. The molecule has 0 atom stereocenters. The second-order valence-electron chi connectivity index (χ2n) is 9.24. The van der Waals surface area contributed by atoms with Crippen molar-refractivity contribution in [3.63, 3.8) is 0 Å². The number of piperidine rings is 1. The minimum atomic E-state index is -0.270. The van der Waals surface area contributed by atoms with Crippen LogP contribution >= 0.6 is 11.6 Å². The van der Waals surface area contributed by atoms with Gasteiger partial charge in [-0.3, -0.25) is 9.78 Å². The van der Waals surface area contributed by atoms with Gasteiger partial charge in [0, 0.05) is 35.9 Å². The van der Waals surface area contributed by atoms with Gasteiger partial charge in [-0.1, -0.05) is 22.8 Å². The van der Waals surface area contributed by atoms with Crippen molar-refractivity contribution >= 4 is 34.2 Å². The van der Waals surface area contributed by atoms with E-state index in [2.05, 4.69) is 42.7 Å². The summed E-state index contributed by atoms with van der Waals surface area (Å²) in [6, 6.07) is 7.82. The molecule has 4 aromatic rings. The van der Waals surface area contributed by atoms with Crippen molar-refractivity contribution in [1.29, 1.82) is 0 Å². The highest BCUT2D eigenvalue weighted by Crippen LogP contribution is 2.31. The molecule has 10 heteroatoms. The molecule has 9 nitrogen and oxygen atoms in total. The zero-order valence-corrected chi connectivity index (χ0v) is 21.3. The molecule has 1 fully saturated rings. The molecule has 0 bridgehead atoms. The van der Waals surface area contributed by atoms with Crippen LogP contribution in [0.25, 0.3) is 22.0 Å². The van der Waals surface area contributed by atoms with Gasteiger partial charge < -0.3 is 20.1 Å². The van der Waals surface area contributed by atoms with Gasteiger partial charge in [-0.2, -0.15) is 0 Å². The largest absolute Gasteiger partial charge is 0.365 e. The van der Waals surface area contributed by atoms with Gasteiger partial charge in [0.2, 0.25) is 5.82 Å². The van der Waals surface area contributed by atoms with Crippen LogP contribution in [0.15, 0.2) is 41.2 Å². The van der Waals surface area contributed by atoms with E-state index < -0.39 is 0 Å². The van der Waals surface area contributed by atoms with Gasteiger partial charge in [0.15, 0.2) is 0 Å². The summed E-state index contributed by atoms with van der Waals surface area (Å²) in [4.78, 5) is 28.8. The molecule has 0 radical (unpaired) electrons. The number of anilines is 1. The maximum absolute atomic E-state index is 13.1. The van der Waals surface area contributed by atoms with Gasteiger partial charge in [0.25, 0.3) is 5.91 Å². The van der Waals surface area contributed by atoms with E-state index in [4.69, 9.17) is 16.1 Å². The lowest BCUT2D eigenvalue weighted by Gasteiger charge is -2.29. The minimum Gasteiger partial charge on any atom is -0.365 e. The number of likely N-dealkylation sites (tertiary alicyclic amines) is 1. The van der Waals surface area contributed by atoms with E-state index in [0.29, 0.717) is 22.9 Å². The topological polar surface area (TPSA) is 109 Å². The van der Waals surface area contributed by atoms with E-state index in [0.717, 1.165) is 59.5 Å². The van der Waals surface area contributed by atoms with Crippen molar-refractivity contribution < 1.29 is 9.32 Å². The summed E-state index contributed by atoms with van der Waals surface area (Å²) in [5.41, 5.74) is 4.25. The molecule has 1 aliphatic rings. The average molecular weight is 506 g/mol. The molecule has 0 unspecified atom stereocenters. The Balaban J connectivity index is 1.50. The highest BCUT2D eigenvalue weighted by molar-refractivity contribution is 6.30. The molecule has 1 amide bonds. The summed E-state index contributed by atoms with van der Waals surface area (Å²) < 4.78 is 5.37. The van der Waals surface area contributed by atoms with Gasteiger partial charge >= 0.3 is 0 Å². The Morgan fingerprint density at radius 1 is 1.17 bits per heavy atom. The number of rotatable bonds is 6. The molecule has 1 saturated heterocycles. The predicted molar refractivity (Wildman–Crippen MR) is 139 cm³/mol. The first-order valence-corrected chi connectivity index (χ1v) is 12.3. The number of nitrogens with zero attached hydrogens (tertiary/aromatic N) is 5. The fraction of sp³-hybridized carbons (Fsp3) is 0.346. The van der Waals surface area contributed by atoms with E-state index in [1.54, 1.807) is 12.4 Å². The zero-order valence-electron chi connectivity index (χ0n) is 20.5. The third-order valence-corrected chi connectivity index (χ3v) is 6.70. The van der Waals surface area contributed by atoms with Crippen LogP contribution in [0.2, 0.25) is 5.02 Å². The summed E-state index contributed by atoms with van der Waals surface area (Å²) in [5.74, 6) is 1.16. The fourth-order valence-corrected chi connectivity index (χ4v) is 4.75. The van der Waals surface area contributed by atoms with Crippen molar-refractivity contribution in [2.75, 3.05) is 25.5 Å². The van der Waals surface area contributed by atoms with Crippen molar-refractivity contribution in [1.82, 2.24) is 30.3 Å². The van der Waals surface area contributed by atoms with Crippen molar-refractivity contribution in [3.05, 3.63) is 64.5 Å². The van der Waals surface area contributed by atoms with E-state index >= 15 is 0 Å². The molecule has 4 heterocycles. The molecule has 0 spiro atoms. The van der Waals surface area contributed by atoms with Crippen LogP contribution < -0.4 is 10.6 Å². The normalized spacial score (nSPS) is 14.8. The number of pyridine rings is 1. The standard InChI is InChI=1S/C26H28ClN7O2/c1-15-23(16(2)36-33-15)18-4-5-22-21(11-18)24(29-13-17-10-19(27)14-28-12-17)32-25(31-22)26(35)30-20-6-8-34(3)9-7-20/h4-5,10-12,14,20H,6-9,13H2,1-3H3,(H,30,35)(H,29,31,32). The van der Waals surface area contributed by atoms with Crippen LogP contribution in [-0.2, 0) is 6.54 Å². The van der Waals surface area contributed by atoms with Crippen molar-refractivity contribution in [3.8, 4) is 11.1 Å². The first-order chi connectivity index (χ1) is 17.4. The van der Waals surface area contributed by atoms with E-state index in [9.17, 15) is 4.79 Å². The number of halogens is 1. The molecule has 36 heavy (non-hydrogen) atoms. The molecule has 1 aromatic carbocycles. The maximum Gasteiger partial charge on any atom is 0.289 e. The molecule has 5 rings (SSSR count). The quantitative estimate of drug-likeness (QED) is 0.397. The number of carbonyl (C=O) groups is 1.